The van der Waals surface area contributed by atoms with Crippen LogP contribution in [0.4, 0.5) is 0 Å². The Morgan fingerprint density at radius 2 is 2.08 bits per heavy atom. The van der Waals surface area contributed by atoms with Crippen LogP contribution in [0.5, 0.6) is 0 Å². The van der Waals surface area contributed by atoms with E-state index >= 15 is 0 Å². The number of fused-ring (bicyclic) bond motifs is 1. The first-order valence-electron chi connectivity index (χ1n) is 7.11. The molecular weight excluding hydrogens is 312 g/mol. The second kappa shape index (κ2) is 5.89. The number of ether oxygens (including phenoxy) is 1. The Bertz CT molecular complexity index is 1020. The molecule has 8 heteroatoms. The monoisotopic (exact) mass is 324 g/mol. The lowest BCUT2D eigenvalue weighted by atomic mass is 10.2. The van der Waals surface area contributed by atoms with Crippen LogP contribution >= 0.6 is 0 Å². The van der Waals surface area contributed by atoms with Gasteiger partial charge in [-0.15, -0.1) is 0 Å². The summed E-state index contributed by atoms with van der Waals surface area (Å²) in [7, 11) is 0. The maximum absolute atomic E-state index is 12.5. The van der Waals surface area contributed by atoms with Gasteiger partial charge in [0, 0.05) is 10.9 Å². The molecule has 0 saturated carbocycles. The van der Waals surface area contributed by atoms with Crippen LogP contribution in [0.1, 0.15) is 33.5 Å². The van der Waals surface area contributed by atoms with Crippen molar-refractivity contribution in [3.63, 3.8) is 0 Å². The Morgan fingerprint density at radius 3 is 2.75 bits per heavy atom. The van der Waals surface area contributed by atoms with Crippen LogP contribution in [-0.4, -0.2) is 33.2 Å². The topological polar surface area (TPSA) is 121 Å². The lowest BCUT2D eigenvalue weighted by Crippen LogP contribution is -2.26. The zero-order valence-electron chi connectivity index (χ0n) is 12.6. The maximum Gasteiger partial charge on any atom is 0.357 e. The number of esters is 1. The summed E-state index contributed by atoms with van der Waals surface area (Å²) in [5.41, 5.74) is -0.818. The van der Waals surface area contributed by atoms with Crippen LogP contribution in [-0.2, 0) is 4.74 Å². The number of nitriles is 1. The molecular formula is C16H12N4O4. The number of carbonyl (C=O) groups is 2. The first kappa shape index (κ1) is 15.3. The van der Waals surface area contributed by atoms with Gasteiger partial charge in [-0.05, 0) is 19.1 Å². The summed E-state index contributed by atoms with van der Waals surface area (Å²) in [4.78, 5) is 39.5. The molecule has 3 aromatic rings. The van der Waals surface area contributed by atoms with Gasteiger partial charge in [-0.1, -0.05) is 18.2 Å². The molecule has 0 aliphatic heterocycles. The summed E-state index contributed by atoms with van der Waals surface area (Å²) in [6, 6.07) is 10.4. The molecule has 0 aliphatic rings. The molecule has 24 heavy (non-hydrogen) atoms. The maximum atomic E-state index is 12.5. The van der Waals surface area contributed by atoms with Crippen LogP contribution in [0.25, 0.3) is 10.9 Å². The normalized spacial score (nSPS) is 10.5. The summed E-state index contributed by atoms with van der Waals surface area (Å²) in [5.74, 6) is -1.57. The van der Waals surface area contributed by atoms with E-state index in [1.54, 1.807) is 31.2 Å². The fourth-order valence-electron chi connectivity index (χ4n) is 2.34. The number of benzene rings is 1. The van der Waals surface area contributed by atoms with Crippen molar-refractivity contribution in [3.8, 4) is 6.07 Å². The minimum Gasteiger partial charge on any atom is -0.461 e. The third-order valence-corrected chi connectivity index (χ3v) is 3.45. The van der Waals surface area contributed by atoms with E-state index in [0.717, 1.165) is 10.9 Å². The minimum absolute atomic E-state index is 0.0763. The molecule has 2 N–H and O–H groups in total. The average molecular weight is 324 g/mol. The van der Waals surface area contributed by atoms with Gasteiger partial charge in [-0.25, -0.2) is 4.79 Å². The van der Waals surface area contributed by atoms with Gasteiger partial charge in [0.2, 0.25) is 0 Å². The van der Waals surface area contributed by atoms with Crippen molar-refractivity contribution >= 4 is 22.8 Å². The number of nitrogens with one attached hydrogen (secondary N) is 2. The summed E-state index contributed by atoms with van der Waals surface area (Å²) in [6.07, 6.45) is 0. The Morgan fingerprint density at radius 1 is 1.33 bits per heavy atom. The quantitative estimate of drug-likeness (QED) is 0.705. The number of nitrogens with zero attached hydrogens (tertiary/aromatic N) is 2. The van der Waals surface area contributed by atoms with Crippen molar-refractivity contribution in [1.82, 2.24) is 14.8 Å². The van der Waals surface area contributed by atoms with E-state index in [9.17, 15) is 14.4 Å². The number of para-hydroxylation sites is 1. The second-order valence-corrected chi connectivity index (χ2v) is 4.91. The van der Waals surface area contributed by atoms with Crippen LogP contribution in [0, 0.1) is 11.3 Å². The van der Waals surface area contributed by atoms with Gasteiger partial charge >= 0.3 is 5.97 Å². The molecule has 0 bridgehead atoms. The van der Waals surface area contributed by atoms with Gasteiger partial charge in [-0.3, -0.25) is 14.7 Å². The van der Waals surface area contributed by atoms with E-state index in [1.165, 1.54) is 0 Å². The zero-order valence-corrected chi connectivity index (χ0v) is 12.6. The number of aromatic nitrogens is 3. The van der Waals surface area contributed by atoms with Crippen molar-refractivity contribution in [3.05, 3.63) is 57.6 Å². The zero-order chi connectivity index (χ0) is 17.3. The van der Waals surface area contributed by atoms with E-state index in [1.807, 2.05) is 12.1 Å². The molecule has 0 fully saturated rings. The van der Waals surface area contributed by atoms with E-state index < -0.39 is 23.0 Å². The highest BCUT2D eigenvalue weighted by Crippen LogP contribution is 2.15. The van der Waals surface area contributed by atoms with Gasteiger partial charge in [0.1, 0.15) is 11.8 Å². The third kappa shape index (κ3) is 2.38. The number of carbonyl (C=O) groups excluding carboxylic acids is 2. The lowest BCUT2D eigenvalue weighted by molar-refractivity contribution is 0.0518. The molecule has 8 nitrogen and oxygen atoms in total. The summed E-state index contributed by atoms with van der Waals surface area (Å²) in [6.45, 7) is 1.67. The predicted octanol–water partition coefficient (Wildman–Crippen LogP) is 1.39. The van der Waals surface area contributed by atoms with Gasteiger partial charge < -0.3 is 9.72 Å². The van der Waals surface area contributed by atoms with Crippen molar-refractivity contribution in [2.75, 3.05) is 6.61 Å². The van der Waals surface area contributed by atoms with Gasteiger partial charge in [0.15, 0.2) is 11.3 Å². The largest absolute Gasteiger partial charge is 0.461 e. The van der Waals surface area contributed by atoms with E-state index in [2.05, 4.69) is 10.1 Å². The first-order chi connectivity index (χ1) is 11.6. The highest BCUT2D eigenvalue weighted by molar-refractivity contribution is 5.99. The Hall–Kier alpha value is -3.60. The lowest BCUT2D eigenvalue weighted by Gasteiger charge is -1.99. The molecule has 2 aromatic heterocycles. The van der Waals surface area contributed by atoms with Crippen LogP contribution in [0.15, 0.2) is 35.1 Å². The number of rotatable bonds is 3. The molecule has 0 unspecified atom stereocenters. The standard InChI is InChI=1S/C16H12N4O4/c1-2-24-16(23)13-10(8-17)14(21)20(19-13)15(22)12-7-9-5-3-4-6-11(9)18-12/h3-7,18-19H,2H2,1H3. The minimum atomic E-state index is -0.899. The van der Waals surface area contributed by atoms with Gasteiger partial charge in [0.05, 0.1) is 6.61 Å². The van der Waals surface area contributed by atoms with E-state index in [-0.39, 0.29) is 18.0 Å². The fourth-order valence-corrected chi connectivity index (χ4v) is 2.34. The van der Waals surface area contributed by atoms with Crippen molar-refractivity contribution in [2.45, 2.75) is 6.92 Å². The molecule has 0 radical (unpaired) electrons. The molecule has 0 atom stereocenters. The Balaban J connectivity index is 2.09. The molecule has 0 amide bonds. The summed E-state index contributed by atoms with van der Waals surface area (Å²) < 4.78 is 5.40. The van der Waals surface area contributed by atoms with Gasteiger partial charge in [0.25, 0.3) is 11.5 Å². The Kier molecular flexibility index (Phi) is 3.75. The predicted molar refractivity (Wildman–Crippen MR) is 83.8 cm³/mol. The molecule has 0 spiro atoms. The van der Waals surface area contributed by atoms with Crippen molar-refractivity contribution < 1.29 is 14.3 Å². The molecule has 1 aromatic carbocycles. The van der Waals surface area contributed by atoms with Crippen LogP contribution < -0.4 is 5.56 Å². The molecule has 0 saturated heterocycles. The fraction of sp³-hybridized carbons (Fsp3) is 0.125. The van der Waals surface area contributed by atoms with Gasteiger partial charge in [-0.2, -0.15) is 9.94 Å². The smallest absolute Gasteiger partial charge is 0.357 e. The molecule has 2 heterocycles. The highest BCUT2D eigenvalue weighted by atomic mass is 16.5. The van der Waals surface area contributed by atoms with Crippen LogP contribution in [0.2, 0.25) is 0 Å². The number of aromatic amines is 2. The second-order valence-electron chi connectivity index (χ2n) is 4.91. The molecule has 3 rings (SSSR count). The number of H-pyrrole nitrogens is 2. The number of hydrogen-bond acceptors (Lipinski definition) is 5. The Labute approximate surface area is 135 Å². The first-order valence-corrected chi connectivity index (χ1v) is 7.11. The molecule has 120 valence electrons. The van der Waals surface area contributed by atoms with Crippen molar-refractivity contribution in [2.24, 2.45) is 0 Å². The molecule has 0 aliphatic carbocycles. The highest BCUT2D eigenvalue weighted by Gasteiger charge is 2.25. The van der Waals surface area contributed by atoms with Crippen LogP contribution in [0.3, 0.4) is 0 Å². The summed E-state index contributed by atoms with van der Waals surface area (Å²) in [5, 5.41) is 12.2. The van der Waals surface area contributed by atoms with E-state index in [0.29, 0.717) is 4.68 Å². The van der Waals surface area contributed by atoms with Crippen molar-refractivity contribution in [1.29, 1.82) is 5.26 Å². The SMILES string of the molecule is CCOC(=O)c1[nH]n(C(=O)c2cc3ccccc3[nH]2)c(=O)c1C#N. The van der Waals surface area contributed by atoms with E-state index in [4.69, 9.17) is 10.00 Å². The number of hydrogen-bond donors (Lipinski definition) is 2. The third-order valence-electron chi connectivity index (χ3n) is 3.45. The average Bonchev–Trinajstić information content (AvgIpc) is 3.15. The summed E-state index contributed by atoms with van der Waals surface area (Å²) >= 11 is 0.